The zero-order valence-corrected chi connectivity index (χ0v) is 15.8. The third-order valence-electron chi connectivity index (χ3n) is 5.03. The maximum absolute atomic E-state index is 5.27. The van der Waals surface area contributed by atoms with Gasteiger partial charge in [0.25, 0.3) is 0 Å². The molecular formula is C20H26N6O. The molecule has 0 amide bonds. The largest absolute Gasteiger partial charge is 0.383 e. The van der Waals surface area contributed by atoms with Gasteiger partial charge < -0.3 is 13.9 Å². The third kappa shape index (κ3) is 3.66. The summed E-state index contributed by atoms with van der Waals surface area (Å²) in [5.74, 6) is 0. The van der Waals surface area contributed by atoms with Crippen LogP contribution < -0.4 is 10.9 Å². The number of nitrogens with one attached hydrogen (secondary N) is 2. The van der Waals surface area contributed by atoms with Crippen molar-refractivity contribution in [3.63, 3.8) is 0 Å². The molecule has 2 N–H and O–H groups in total. The third-order valence-corrected chi connectivity index (χ3v) is 5.03. The van der Waals surface area contributed by atoms with Gasteiger partial charge in [-0.3, -0.25) is 10.9 Å². The molecule has 1 aromatic carbocycles. The van der Waals surface area contributed by atoms with E-state index in [2.05, 4.69) is 44.0 Å². The van der Waals surface area contributed by atoms with Crippen molar-refractivity contribution in [1.29, 1.82) is 0 Å². The van der Waals surface area contributed by atoms with E-state index in [0.29, 0.717) is 18.7 Å². The molecule has 1 fully saturated rings. The maximum atomic E-state index is 5.27. The van der Waals surface area contributed by atoms with Gasteiger partial charge >= 0.3 is 0 Å². The van der Waals surface area contributed by atoms with E-state index in [1.807, 2.05) is 37.1 Å². The van der Waals surface area contributed by atoms with Gasteiger partial charge in [-0.2, -0.15) is 0 Å². The topological polar surface area (TPSA) is 68.9 Å². The predicted octanol–water partition coefficient (Wildman–Crippen LogP) is 2.31. The number of nitrogens with zero attached hydrogens (tertiary/aromatic N) is 4. The van der Waals surface area contributed by atoms with E-state index in [1.165, 1.54) is 0 Å². The Hall–Kier alpha value is -2.48. The van der Waals surface area contributed by atoms with Gasteiger partial charge in [-0.15, -0.1) is 0 Å². The van der Waals surface area contributed by atoms with Crippen LogP contribution in [0.25, 0.3) is 22.6 Å². The van der Waals surface area contributed by atoms with Gasteiger partial charge in [-0.05, 0) is 13.3 Å². The first-order valence-electron chi connectivity index (χ1n) is 9.41. The standard InChI is InChI=1S/C20H26N6O/c1-3-25-13-21-10-18(25)20-19(15-7-5-4-6-8-15)22-14-26(20)11-16-9-17(12-27-2)24-23-16/h4-8,10,13-14,16-17,23-24H,3,9,11-12H2,1-2H3. The molecule has 0 saturated carbocycles. The van der Waals surface area contributed by atoms with Crippen LogP contribution in [0.4, 0.5) is 0 Å². The Balaban J connectivity index is 1.69. The quantitative estimate of drug-likeness (QED) is 0.672. The van der Waals surface area contributed by atoms with E-state index >= 15 is 0 Å². The molecule has 7 nitrogen and oxygen atoms in total. The highest BCUT2D eigenvalue weighted by molar-refractivity contribution is 5.76. The molecule has 1 saturated heterocycles. The fourth-order valence-corrected chi connectivity index (χ4v) is 3.73. The summed E-state index contributed by atoms with van der Waals surface area (Å²) in [7, 11) is 1.74. The van der Waals surface area contributed by atoms with E-state index in [-0.39, 0.29) is 0 Å². The second-order valence-electron chi connectivity index (χ2n) is 6.90. The van der Waals surface area contributed by atoms with Crippen LogP contribution in [-0.4, -0.2) is 44.9 Å². The Kier molecular flexibility index (Phi) is 5.33. The van der Waals surface area contributed by atoms with E-state index in [9.17, 15) is 0 Å². The minimum Gasteiger partial charge on any atom is -0.383 e. The molecule has 4 rings (SSSR count). The summed E-state index contributed by atoms with van der Waals surface area (Å²) in [6.07, 6.45) is 6.76. The van der Waals surface area contributed by atoms with Crippen LogP contribution in [0.5, 0.6) is 0 Å². The van der Waals surface area contributed by atoms with Crippen LogP contribution in [0, 0.1) is 0 Å². The Labute approximate surface area is 159 Å². The van der Waals surface area contributed by atoms with Crippen molar-refractivity contribution in [1.82, 2.24) is 30.0 Å². The summed E-state index contributed by atoms with van der Waals surface area (Å²) in [6.45, 7) is 4.54. The lowest BCUT2D eigenvalue weighted by Crippen LogP contribution is -2.36. The molecule has 3 heterocycles. The highest BCUT2D eigenvalue weighted by Gasteiger charge is 2.26. The lowest BCUT2D eigenvalue weighted by atomic mass is 10.1. The molecule has 2 unspecified atom stereocenters. The summed E-state index contributed by atoms with van der Waals surface area (Å²) >= 11 is 0. The minimum atomic E-state index is 0.319. The SMILES string of the molecule is CCn1cncc1-c1c(-c2ccccc2)ncn1CC1CC(COC)NN1. The van der Waals surface area contributed by atoms with Crippen LogP contribution in [0.1, 0.15) is 13.3 Å². The van der Waals surface area contributed by atoms with Crippen molar-refractivity contribution in [3.8, 4) is 22.6 Å². The molecule has 0 radical (unpaired) electrons. The van der Waals surface area contributed by atoms with Gasteiger partial charge in [0.1, 0.15) is 0 Å². The molecule has 142 valence electrons. The molecule has 0 bridgehead atoms. The normalized spacial score (nSPS) is 19.6. The summed E-state index contributed by atoms with van der Waals surface area (Å²) in [4.78, 5) is 9.13. The molecule has 1 aliphatic heterocycles. The zero-order valence-electron chi connectivity index (χ0n) is 15.8. The Bertz CT molecular complexity index is 872. The number of methoxy groups -OCH3 is 1. The molecule has 0 aliphatic carbocycles. The number of aryl methyl sites for hydroxylation is 1. The molecular weight excluding hydrogens is 340 g/mol. The summed E-state index contributed by atoms with van der Waals surface area (Å²) in [5, 5.41) is 0. The van der Waals surface area contributed by atoms with Crippen LogP contribution in [0.15, 0.2) is 49.2 Å². The van der Waals surface area contributed by atoms with Crippen molar-refractivity contribution in [2.45, 2.75) is 38.5 Å². The first-order valence-corrected chi connectivity index (χ1v) is 9.41. The Morgan fingerprint density at radius 1 is 1.11 bits per heavy atom. The first-order chi connectivity index (χ1) is 13.3. The first kappa shape index (κ1) is 17.9. The van der Waals surface area contributed by atoms with Crippen molar-refractivity contribution < 1.29 is 4.74 Å². The number of hydrogen-bond acceptors (Lipinski definition) is 5. The lowest BCUT2D eigenvalue weighted by molar-refractivity contribution is 0.171. The predicted molar refractivity (Wildman–Crippen MR) is 105 cm³/mol. The second kappa shape index (κ2) is 8.04. The monoisotopic (exact) mass is 366 g/mol. The summed E-state index contributed by atoms with van der Waals surface area (Å²) in [6, 6.07) is 11.0. The highest BCUT2D eigenvalue weighted by atomic mass is 16.5. The fourth-order valence-electron chi connectivity index (χ4n) is 3.73. The molecule has 7 heteroatoms. The number of hydrogen-bond donors (Lipinski definition) is 2. The average molecular weight is 366 g/mol. The molecule has 1 aliphatic rings. The minimum absolute atomic E-state index is 0.319. The van der Waals surface area contributed by atoms with Crippen molar-refractivity contribution in [2.75, 3.05) is 13.7 Å². The smallest absolute Gasteiger partial charge is 0.0979 e. The number of hydrazine groups is 1. The van der Waals surface area contributed by atoms with Gasteiger partial charge in [0, 0.05) is 37.8 Å². The van der Waals surface area contributed by atoms with Gasteiger partial charge in [0.15, 0.2) is 0 Å². The van der Waals surface area contributed by atoms with Crippen molar-refractivity contribution in [2.24, 2.45) is 0 Å². The van der Waals surface area contributed by atoms with Crippen LogP contribution in [-0.2, 0) is 17.8 Å². The Morgan fingerprint density at radius 3 is 2.70 bits per heavy atom. The molecule has 2 aromatic heterocycles. The van der Waals surface area contributed by atoms with E-state index in [4.69, 9.17) is 9.72 Å². The molecule has 2 atom stereocenters. The maximum Gasteiger partial charge on any atom is 0.0979 e. The highest BCUT2D eigenvalue weighted by Crippen LogP contribution is 2.31. The fraction of sp³-hybridized carbons (Fsp3) is 0.400. The summed E-state index contributed by atoms with van der Waals surface area (Å²) < 4.78 is 9.66. The number of imidazole rings is 2. The van der Waals surface area contributed by atoms with Crippen LogP contribution in [0.3, 0.4) is 0 Å². The van der Waals surface area contributed by atoms with E-state index in [1.54, 1.807) is 7.11 Å². The van der Waals surface area contributed by atoms with Gasteiger partial charge in [-0.1, -0.05) is 30.3 Å². The van der Waals surface area contributed by atoms with Gasteiger partial charge in [0.2, 0.25) is 0 Å². The zero-order chi connectivity index (χ0) is 18.6. The van der Waals surface area contributed by atoms with Gasteiger partial charge in [-0.25, -0.2) is 9.97 Å². The second-order valence-corrected chi connectivity index (χ2v) is 6.90. The molecule has 3 aromatic rings. The van der Waals surface area contributed by atoms with Crippen LogP contribution in [0.2, 0.25) is 0 Å². The summed E-state index contributed by atoms with van der Waals surface area (Å²) in [5.41, 5.74) is 11.0. The lowest BCUT2D eigenvalue weighted by Gasteiger charge is -2.15. The average Bonchev–Trinajstić information content (AvgIpc) is 3.42. The van der Waals surface area contributed by atoms with Gasteiger partial charge in [0.05, 0.1) is 42.5 Å². The number of ether oxygens (including phenoxy) is 1. The number of aromatic nitrogens is 4. The van der Waals surface area contributed by atoms with Crippen molar-refractivity contribution >= 4 is 0 Å². The molecule has 27 heavy (non-hydrogen) atoms. The molecule has 0 spiro atoms. The van der Waals surface area contributed by atoms with Crippen molar-refractivity contribution in [3.05, 3.63) is 49.2 Å². The van der Waals surface area contributed by atoms with E-state index < -0.39 is 0 Å². The Morgan fingerprint density at radius 2 is 1.93 bits per heavy atom. The number of rotatable bonds is 7. The van der Waals surface area contributed by atoms with E-state index in [0.717, 1.165) is 42.2 Å². The van der Waals surface area contributed by atoms with Crippen LogP contribution >= 0.6 is 0 Å². The number of benzene rings is 1.